The summed E-state index contributed by atoms with van der Waals surface area (Å²) in [4.78, 5) is 0.252. The Bertz CT molecular complexity index is 866. The van der Waals surface area contributed by atoms with E-state index in [-0.39, 0.29) is 10.9 Å². The number of rotatable bonds is 5. The molecule has 9 nitrogen and oxygen atoms in total. The summed E-state index contributed by atoms with van der Waals surface area (Å²) in [6.07, 6.45) is 6.42. The van der Waals surface area contributed by atoms with E-state index in [1.807, 2.05) is 0 Å². The van der Waals surface area contributed by atoms with Crippen LogP contribution in [0.15, 0.2) is 17.3 Å². The van der Waals surface area contributed by atoms with Gasteiger partial charge in [0.05, 0.1) is 6.20 Å². The molecule has 2 aliphatic heterocycles. The van der Waals surface area contributed by atoms with Crippen molar-refractivity contribution in [1.29, 1.82) is 0 Å². The second-order valence-corrected chi connectivity index (χ2v) is 9.95. The molecule has 0 radical (unpaired) electrons. The lowest BCUT2D eigenvalue weighted by Gasteiger charge is -2.31. The predicted octanol–water partition coefficient (Wildman–Crippen LogP) is 1.43. The fourth-order valence-electron chi connectivity index (χ4n) is 3.50. The van der Waals surface area contributed by atoms with Gasteiger partial charge in [-0.25, -0.2) is 8.42 Å². The van der Waals surface area contributed by atoms with E-state index >= 15 is 0 Å². The number of piperidine rings is 1. The molecular formula is C16H24N6O3S2. The SMILES string of the molecule is Cn1cc(S(=O)(=O)N2CCC(Nc3nnc(C4CCOCC4)s3)CC2)cn1. The van der Waals surface area contributed by atoms with E-state index in [1.165, 1.54) is 15.2 Å². The van der Waals surface area contributed by atoms with Crippen LogP contribution in [0, 0.1) is 0 Å². The molecule has 2 aliphatic rings. The van der Waals surface area contributed by atoms with Crippen molar-refractivity contribution in [2.24, 2.45) is 7.05 Å². The highest BCUT2D eigenvalue weighted by Gasteiger charge is 2.30. The topological polar surface area (TPSA) is 102 Å². The van der Waals surface area contributed by atoms with Gasteiger partial charge in [0, 0.05) is 51.5 Å². The summed E-state index contributed by atoms with van der Waals surface area (Å²) in [5.41, 5.74) is 0. The van der Waals surface area contributed by atoms with Crippen molar-refractivity contribution in [3.63, 3.8) is 0 Å². The maximum absolute atomic E-state index is 12.7. The van der Waals surface area contributed by atoms with Crippen molar-refractivity contribution in [3.05, 3.63) is 17.4 Å². The molecule has 148 valence electrons. The van der Waals surface area contributed by atoms with Crippen LogP contribution < -0.4 is 5.32 Å². The van der Waals surface area contributed by atoms with Gasteiger partial charge in [-0.2, -0.15) is 9.40 Å². The van der Waals surface area contributed by atoms with Gasteiger partial charge in [-0.15, -0.1) is 10.2 Å². The van der Waals surface area contributed by atoms with Gasteiger partial charge in [0.2, 0.25) is 15.2 Å². The number of aromatic nitrogens is 4. The summed E-state index contributed by atoms with van der Waals surface area (Å²) in [5, 5.41) is 17.9. The minimum absolute atomic E-state index is 0.209. The molecule has 2 fully saturated rings. The first-order chi connectivity index (χ1) is 13.0. The van der Waals surface area contributed by atoms with Gasteiger partial charge in [0.1, 0.15) is 9.90 Å². The van der Waals surface area contributed by atoms with Crippen molar-refractivity contribution >= 4 is 26.5 Å². The predicted molar refractivity (Wildman–Crippen MR) is 101 cm³/mol. The second-order valence-electron chi connectivity index (χ2n) is 7.00. The Morgan fingerprint density at radius 2 is 1.93 bits per heavy atom. The minimum atomic E-state index is -3.46. The van der Waals surface area contributed by atoms with E-state index in [9.17, 15) is 8.42 Å². The molecule has 0 unspecified atom stereocenters. The maximum Gasteiger partial charge on any atom is 0.246 e. The van der Waals surface area contributed by atoms with Crippen LogP contribution in [-0.2, 0) is 21.8 Å². The molecule has 27 heavy (non-hydrogen) atoms. The number of nitrogens with one attached hydrogen (secondary N) is 1. The minimum Gasteiger partial charge on any atom is -0.381 e. The van der Waals surface area contributed by atoms with Crippen LogP contribution in [0.25, 0.3) is 0 Å². The van der Waals surface area contributed by atoms with Crippen molar-refractivity contribution < 1.29 is 13.2 Å². The molecule has 0 aliphatic carbocycles. The van der Waals surface area contributed by atoms with Gasteiger partial charge >= 0.3 is 0 Å². The van der Waals surface area contributed by atoms with Crippen molar-refractivity contribution in [2.45, 2.75) is 42.5 Å². The number of aryl methyl sites for hydroxylation is 1. The Morgan fingerprint density at radius 3 is 2.59 bits per heavy atom. The molecule has 11 heteroatoms. The Labute approximate surface area is 162 Å². The molecule has 0 spiro atoms. The summed E-state index contributed by atoms with van der Waals surface area (Å²) >= 11 is 1.61. The van der Waals surface area contributed by atoms with Crippen LogP contribution >= 0.6 is 11.3 Å². The molecule has 4 heterocycles. The molecule has 0 amide bonds. The molecular weight excluding hydrogens is 388 g/mol. The molecule has 0 saturated carbocycles. The number of nitrogens with zero attached hydrogens (tertiary/aromatic N) is 5. The van der Waals surface area contributed by atoms with Gasteiger partial charge < -0.3 is 10.1 Å². The van der Waals surface area contributed by atoms with E-state index in [0.29, 0.717) is 19.0 Å². The van der Waals surface area contributed by atoms with Crippen LogP contribution in [0.1, 0.15) is 36.6 Å². The third kappa shape index (κ3) is 4.15. The molecule has 1 N–H and O–H groups in total. The molecule has 2 saturated heterocycles. The summed E-state index contributed by atoms with van der Waals surface area (Å²) in [5.74, 6) is 0.443. The third-order valence-electron chi connectivity index (χ3n) is 5.11. The van der Waals surface area contributed by atoms with Crippen molar-refractivity contribution in [3.8, 4) is 0 Å². The smallest absolute Gasteiger partial charge is 0.246 e. The lowest BCUT2D eigenvalue weighted by molar-refractivity contribution is 0.0851. The number of ether oxygens (including phenoxy) is 1. The average Bonchev–Trinajstić information content (AvgIpc) is 3.32. The Kier molecular flexibility index (Phi) is 5.44. The van der Waals surface area contributed by atoms with Crippen LogP contribution in [0.5, 0.6) is 0 Å². The zero-order chi connectivity index (χ0) is 18.9. The Morgan fingerprint density at radius 1 is 1.19 bits per heavy atom. The fourth-order valence-corrected chi connectivity index (χ4v) is 5.94. The quantitative estimate of drug-likeness (QED) is 0.792. The molecule has 0 aromatic carbocycles. The highest BCUT2D eigenvalue weighted by molar-refractivity contribution is 7.89. The third-order valence-corrected chi connectivity index (χ3v) is 7.98. The van der Waals surface area contributed by atoms with Crippen LogP contribution in [0.2, 0.25) is 0 Å². The molecule has 0 atom stereocenters. The van der Waals surface area contributed by atoms with Gasteiger partial charge in [-0.1, -0.05) is 11.3 Å². The second kappa shape index (κ2) is 7.82. The highest BCUT2D eigenvalue weighted by Crippen LogP contribution is 2.31. The van der Waals surface area contributed by atoms with E-state index in [1.54, 1.807) is 24.6 Å². The lowest BCUT2D eigenvalue weighted by Crippen LogP contribution is -2.42. The monoisotopic (exact) mass is 412 g/mol. The van der Waals surface area contributed by atoms with Crippen molar-refractivity contribution in [1.82, 2.24) is 24.3 Å². The number of anilines is 1. The first kappa shape index (κ1) is 18.8. The van der Waals surface area contributed by atoms with Crippen LogP contribution in [0.3, 0.4) is 0 Å². The van der Waals surface area contributed by atoms with E-state index in [0.717, 1.165) is 49.0 Å². The van der Waals surface area contributed by atoms with Crippen LogP contribution in [-0.4, -0.2) is 65.0 Å². The zero-order valence-electron chi connectivity index (χ0n) is 15.2. The Hall–Kier alpha value is -1.56. The van der Waals surface area contributed by atoms with Gasteiger partial charge in [0.25, 0.3) is 0 Å². The van der Waals surface area contributed by atoms with Crippen LogP contribution in [0.4, 0.5) is 5.13 Å². The highest BCUT2D eigenvalue weighted by atomic mass is 32.2. The molecule has 2 aromatic heterocycles. The maximum atomic E-state index is 12.7. The van der Waals surface area contributed by atoms with E-state index in [4.69, 9.17) is 4.74 Å². The largest absolute Gasteiger partial charge is 0.381 e. The standard InChI is InChI=1S/C16H24N6O3S2/c1-21-11-14(10-17-21)27(23,24)22-6-2-13(3-7-22)18-16-20-19-15(26-16)12-4-8-25-9-5-12/h10-13H,2-9H2,1H3,(H,18,20). The number of hydrogen-bond acceptors (Lipinski definition) is 8. The van der Waals surface area contributed by atoms with E-state index < -0.39 is 10.0 Å². The van der Waals surface area contributed by atoms with E-state index in [2.05, 4.69) is 20.6 Å². The fraction of sp³-hybridized carbons (Fsp3) is 0.688. The Balaban J connectivity index is 1.32. The normalized spacial score (nSPS) is 20.8. The summed E-state index contributed by atoms with van der Waals surface area (Å²) in [7, 11) is -1.75. The zero-order valence-corrected chi connectivity index (χ0v) is 16.9. The summed E-state index contributed by atoms with van der Waals surface area (Å²) in [6.45, 7) is 2.55. The first-order valence-corrected chi connectivity index (χ1v) is 11.4. The molecule has 0 bridgehead atoms. The summed E-state index contributed by atoms with van der Waals surface area (Å²) < 4.78 is 33.8. The van der Waals surface area contributed by atoms with Gasteiger partial charge in [-0.05, 0) is 25.7 Å². The molecule has 2 aromatic rings. The average molecular weight is 413 g/mol. The van der Waals surface area contributed by atoms with Gasteiger partial charge in [0.15, 0.2) is 0 Å². The lowest BCUT2D eigenvalue weighted by atomic mass is 10.0. The number of sulfonamides is 1. The molecule has 4 rings (SSSR count). The first-order valence-electron chi connectivity index (χ1n) is 9.19. The van der Waals surface area contributed by atoms with Crippen molar-refractivity contribution in [2.75, 3.05) is 31.6 Å². The van der Waals surface area contributed by atoms with Gasteiger partial charge in [-0.3, -0.25) is 4.68 Å². The number of hydrogen-bond donors (Lipinski definition) is 1. The summed E-state index contributed by atoms with van der Waals surface area (Å²) in [6, 6.07) is 0.209.